The zero-order valence-electron chi connectivity index (χ0n) is 20.1. The van der Waals surface area contributed by atoms with Crippen molar-refractivity contribution in [1.82, 2.24) is 9.80 Å². The van der Waals surface area contributed by atoms with Gasteiger partial charge in [0.15, 0.2) is 0 Å². The zero-order valence-corrected chi connectivity index (χ0v) is 20.1. The highest BCUT2D eigenvalue weighted by molar-refractivity contribution is 5.52. The number of nitrogens with zero attached hydrogens (tertiary/aromatic N) is 4. The Morgan fingerprint density at radius 3 is 1.28 bits per heavy atom. The fourth-order valence-corrected chi connectivity index (χ4v) is 4.29. The van der Waals surface area contributed by atoms with Gasteiger partial charge in [-0.2, -0.15) is 0 Å². The Balaban J connectivity index is 1.15. The van der Waals surface area contributed by atoms with Crippen LogP contribution in [0.2, 0.25) is 0 Å². The van der Waals surface area contributed by atoms with Crippen LogP contribution in [0.4, 0.5) is 11.4 Å². The first-order chi connectivity index (χ1) is 15.5. The molecule has 0 N–H and O–H groups in total. The van der Waals surface area contributed by atoms with E-state index in [0.29, 0.717) is 11.8 Å². The second-order valence-electron chi connectivity index (χ2n) is 9.64. The van der Waals surface area contributed by atoms with Gasteiger partial charge in [-0.25, -0.2) is 0 Å². The molecule has 0 aliphatic carbocycles. The molecule has 0 radical (unpaired) electrons. The molecule has 0 spiro atoms. The summed E-state index contributed by atoms with van der Waals surface area (Å²) in [6, 6.07) is 18.0. The van der Waals surface area contributed by atoms with Gasteiger partial charge < -0.3 is 19.6 Å². The molecule has 0 unspecified atom stereocenters. The zero-order chi connectivity index (χ0) is 22.5. The molecule has 0 aromatic heterocycles. The average molecular weight is 431 g/mol. The fraction of sp³-hybridized carbons (Fsp3) is 0.429. The van der Waals surface area contributed by atoms with Gasteiger partial charge in [-0.05, 0) is 60.1 Å². The Morgan fingerprint density at radius 1 is 0.562 bits per heavy atom. The van der Waals surface area contributed by atoms with Gasteiger partial charge in [0.25, 0.3) is 0 Å². The van der Waals surface area contributed by atoms with E-state index in [2.05, 4.69) is 121 Å². The van der Waals surface area contributed by atoms with Gasteiger partial charge in [0, 0.05) is 49.3 Å². The van der Waals surface area contributed by atoms with E-state index in [1.807, 2.05) is 0 Å². The van der Waals surface area contributed by atoms with Gasteiger partial charge in [-0.1, -0.05) is 52.0 Å². The number of unbranched alkanes of at least 4 members (excludes halogenated alkanes) is 1. The van der Waals surface area contributed by atoms with Gasteiger partial charge in [-0.3, -0.25) is 0 Å². The predicted octanol–water partition coefficient (Wildman–Crippen LogP) is 6.52. The molecular weight excluding hydrogens is 392 g/mol. The third kappa shape index (κ3) is 5.48. The van der Waals surface area contributed by atoms with Crippen molar-refractivity contribution in [3.8, 4) is 0 Å². The lowest BCUT2D eigenvalue weighted by Gasteiger charge is -2.23. The summed E-state index contributed by atoms with van der Waals surface area (Å²) in [6.07, 6.45) is 11.3. The third-order valence-electron chi connectivity index (χ3n) is 6.51. The van der Waals surface area contributed by atoms with E-state index in [4.69, 9.17) is 0 Å². The predicted molar refractivity (Wildman–Crippen MR) is 137 cm³/mol. The summed E-state index contributed by atoms with van der Waals surface area (Å²) in [5.41, 5.74) is 5.35. The molecule has 2 aromatic carbocycles. The first-order valence-corrected chi connectivity index (χ1v) is 12.1. The van der Waals surface area contributed by atoms with Crippen molar-refractivity contribution in [3.63, 3.8) is 0 Å². The van der Waals surface area contributed by atoms with Gasteiger partial charge in [0.05, 0.1) is 13.3 Å². The second-order valence-corrected chi connectivity index (χ2v) is 9.64. The summed E-state index contributed by atoms with van der Waals surface area (Å²) in [5, 5.41) is 0. The second kappa shape index (κ2) is 10.2. The summed E-state index contributed by atoms with van der Waals surface area (Å²) in [6.45, 7) is 13.1. The van der Waals surface area contributed by atoms with Crippen LogP contribution >= 0.6 is 0 Å². The maximum Gasteiger partial charge on any atom is 0.0941 e. The highest BCUT2D eigenvalue weighted by Crippen LogP contribution is 2.24. The quantitative estimate of drug-likeness (QED) is 0.420. The monoisotopic (exact) mass is 430 g/mol. The van der Waals surface area contributed by atoms with Crippen LogP contribution in [0.15, 0.2) is 73.3 Å². The third-order valence-corrected chi connectivity index (χ3v) is 6.51. The normalized spacial score (nSPS) is 15.8. The van der Waals surface area contributed by atoms with Crippen LogP contribution < -0.4 is 9.80 Å². The average Bonchev–Trinajstić information content (AvgIpc) is 3.47. The number of anilines is 2. The molecule has 0 atom stereocenters. The van der Waals surface area contributed by atoms with E-state index >= 15 is 0 Å². The maximum atomic E-state index is 2.42. The van der Waals surface area contributed by atoms with Crippen LogP contribution in [-0.4, -0.2) is 36.2 Å². The van der Waals surface area contributed by atoms with Crippen LogP contribution in [-0.2, 0) is 0 Å². The molecular formula is C28H38N4. The summed E-state index contributed by atoms with van der Waals surface area (Å²) < 4.78 is 0. The molecule has 0 bridgehead atoms. The smallest absolute Gasteiger partial charge is 0.0941 e. The largest absolute Gasteiger partial charge is 0.358 e. The standard InChI is InChI=1S/C28H38N4/c1-23(2)25-7-11-27(12-8-25)31-19-17-29(21-31)15-5-6-16-30-18-20-32(22-30)28-13-9-26(10-14-28)24(3)4/h7-14,17-20,23-24H,5-6,15-16,21-22H2,1-4H3. The Hall–Kier alpha value is -2.88. The van der Waals surface area contributed by atoms with Gasteiger partial charge in [0.2, 0.25) is 0 Å². The Bertz CT molecular complexity index is 834. The number of hydrogen-bond donors (Lipinski definition) is 0. The summed E-state index contributed by atoms with van der Waals surface area (Å²) in [7, 11) is 0. The molecule has 0 saturated heterocycles. The highest BCUT2D eigenvalue weighted by Gasteiger charge is 2.16. The molecule has 170 valence electrons. The van der Waals surface area contributed by atoms with Crippen LogP contribution in [0.3, 0.4) is 0 Å². The van der Waals surface area contributed by atoms with Crippen molar-refractivity contribution < 1.29 is 0 Å². The Morgan fingerprint density at radius 2 is 0.938 bits per heavy atom. The molecule has 2 aliphatic rings. The van der Waals surface area contributed by atoms with E-state index in [-0.39, 0.29) is 0 Å². The van der Waals surface area contributed by atoms with Crippen LogP contribution in [0.5, 0.6) is 0 Å². The molecule has 4 heteroatoms. The van der Waals surface area contributed by atoms with E-state index in [1.54, 1.807) is 0 Å². The van der Waals surface area contributed by atoms with E-state index in [9.17, 15) is 0 Å². The fourth-order valence-electron chi connectivity index (χ4n) is 4.29. The summed E-state index contributed by atoms with van der Waals surface area (Å²) >= 11 is 0. The van der Waals surface area contributed by atoms with Crippen LogP contribution in [0.1, 0.15) is 63.5 Å². The van der Waals surface area contributed by atoms with Crippen molar-refractivity contribution in [2.45, 2.75) is 52.4 Å². The SMILES string of the molecule is CC(C)c1ccc(N2C=CN(CCCCN3C=CN(c4ccc(C(C)C)cc4)C3)C2)cc1. The molecule has 32 heavy (non-hydrogen) atoms. The molecule has 2 aliphatic heterocycles. The minimum atomic E-state index is 0.581. The van der Waals surface area contributed by atoms with E-state index in [0.717, 1.165) is 26.4 Å². The lowest BCUT2D eigenvalue weighted by atomic mass is 10.0. The first-order valence-electron chi connectivity index (χ1n) is 12.1. The number of hydrogen-bond acceptors (Lipinski definition) is 4. The minimum absolute atomic E-state index is 0.581. The molecule has 4 rings (SSSR count). The molecule has 0 fully saturated rings. The maximum absolute atomic E-state index is 2.42. The van der Waals surface area contributed by atoms with Crippen LogP contribution in [0, 0.1) is 0 Å². The van der Waals surface area contributed by atoms with E-state index < -0.39 is 0 Å². The number of rotatable bonds is 9. The Kier molecular flexibility index (Phi) is 7.09. The number of benzene rings is 2. The molecule has 2 heterocycles. The molecule has 2 aromatic rings. The summed E-state index contributed by atoms with van der Waals surface area (Å²) in [5.74, 6) is 1.16. The molecule has 4 nitrogen and oxygen atoms in total. The lowest BCUT2D eigenvalue weighted by molar-refractivity contribution is 0.354. The van der Waals surface area contributed by atoms with Crippen molar-refractivity contribution >= 4 is 11.4 Å². The highest BCUT2D eigenvalue weighted by atomic mass is 15.3. The molecule has 0 saturated carbocycles. The van der Waals surface area contributed by atoms with Crippen molar-refractivity contribution in [2.75, 3.05) is 36.2 Å². The van der Waals surface area contributed by atoms with Gasteiger partial charge >= 0.3 is 0 Å². The van der Waals surface area contributed by atoms with Crippen molar-refractivity contribution in [3.05, 3.63) is 84.5 Å². The van der Waals surface area contributed by atoms with Crippen molar-refractivity contribution in [2.24, 2.45) is 0 Å². The van der Waals surface area contributed by atoms with Crippen molar-refractivity contribution in [1.29, 1.82) is 0 Å². The van der Waals surface area contributed by atoms with E-state index in [1.165, 1.54) is 35.3 Å². The summed E-state index contributed by atoms with van der Waals surface area (Å²) in [4.78, 5) is 9.49. The lowest BCUT2D eigenvalue weighted by Crippen LogP contribution is -2.28. The van der Waals surface area contributed by atoms with Gasteiger partial charge in [0.1, 0.15) is 0 Å². The first kappa shape index (κ1) is 22.3. The minimum Gasteiger partial charge on any atom is -0.358 e. The van der Waals surface area contributed by atoms with Crippen LogP contribution in [0.25, 0.3) is 0 Å². The Labute approximate surface area is 194 Å². The topological polar surface area (TPSA) is 13.0 Å². The van der Waals surface area contributed by atoms with Gasteiger partial charge in [-0.15, -0.1) is 0 Å². The molecule has 0 amide bonds.